The molecule has 16 heavy (non-hydrogen) atoms. The number of benzene rings is 1. The molecule has 1 heterocycles. The molecule has 0 saturated heterocycles. The molecule has 0 N–H and O–H groups in total. The van der Waals surface area contributed by atoms with Gasteiger partial charge in [0.15, 0.2) is 0 Å². The maximum Gasteiger partial charge on any atom is 0.123 e. The van der Waals surface area contributed by atoms with E-state index in [2.05, 4.69) is 15.9 Å². The van der Waals surface area contributed by atoms with Crippen LogP contribution in [0.1, 0.15) is 15.3 Å². The smallest absolute Gasteiger partial charge is 0.123 e. The lowest BCUT2D eigenvalue weighted by atomic mass is 10.1. The Bertz CT molecular complexity index is 483. The van der Waals surface area contributed by atoms with Crippen molar-refractivity contribution in [3.8, 4) is 5.75 Å². The monoisotopic (exact) mass is 316 g/mol. The normalized spacial score (nSPS) is 12.4. The highest BCUT2D eigenvalue weighted by molar-refractivity contribution is 9.09. The minimum Gasteiger partial charge on any atom is -0.496 e. The van der Waals surface area contributed by atoms with Gasteiger partial charge in [-0.1, -0.05) is 45.7 Å². The molecule has 84 valence electrons. The molecule has 0 bridgehead atoms. The molecule has 2 rings (SSSR count). The van der Waals surface area contributed by atoms with E-state index in [1.807, 2.05) is 35.7 Å². The summed E-state index contributed by atoms with van der Waals surface area (Å²) in [6, 6.07) is 9.84. The summed E-state index contributed by atoms with van der Waals surface area (Å²) in [5, 5.41) is 2.78. The average Bonchev–Trinajstić information content (AvgIpc) is 2.74. The van der Waals surface area contributed by atoms with Gasteiger partial charge in [-0.25, -0.2) is 0 Å². The van der Waals surface area contributed by atoms with Gasteiger partial charge in [-0.2, -0.15) is 0 Å². The zero-order valence-corrected chi connectivity index (χ0v) is 11.8. The predicted molar refractivity (Wildman–Crippen MR) is 73.1 cm³/mol. The van der Waals surface area contributed by atoms with Gasteiger partial charge >= 0.3 is 0 Å². The van der Waals surface area contributed by atoms with E-state index in [0.717, 1.165) is 21.2 Å². The maximum atomic E-state index is 6.12. The van der Waals surface area contributed by atoms with Crippen molar-refractivity contribution < 1.29 is 4.74 Å². The molecule has 0 spiro atoms. The highest BCUT2D eigenvalue weighted by atomic mass is 79.9. The van der Waals surface area contributed by atoms with Crippen LogP contribution >= 0.6 is 38.9 Å². The number of hydrogen-bond acceptors (Lipinski definition) is 2. The van der Waals surface area contributed by atoms with Gasteiger partial charge in [0.1, 0.15) is 5.75 Å². The van der Waals surface area contributed by atoms with Crippen LogP contribution in [0.4, 0.5) is 0 Å². The number of ether oxygens (including phenoxy) is 1. The van der Waals surface area contributed by atoms with Crippen LogP contribution in [-0.2, 0) is 0 Å². The number of methoxy groups -OCH3 is 1. The summed E-state index contributed by atoms with van der Waals surface area (Å²) in [6.07, 6.45) is 0. The summed E-state index contributed by atoms with van der Waals surface area (Å²) < 4.78 is 5.34. The van der Waals surface area contributed by atoms with Crippen molar-refractivity contribution in [1.82, 2.24) is 0 Å². The van der Waals surface area contributed by atoms with Crippen molar-refractivity contribution in [2.75, 3.05) is 7.11 Å². The molecule has 1 atom stereocenters. The Hall–Kier alpha value is -0.510. The van der Waals surface area contributed by atoms with Crippen LogP contribution in [0.2, 0.25) is 5.02 Å². The second-order valence-corrected chi connectivity index (χ2v) is 5.51. The fourth-order valence-electron chi connectivity index (χ4n) is 1.50. The molecular weight excluding hydrogens is 308 g/mol. The van der Waals surface area contributed by atoms with E-state index in [9.17, 15) is 0 Å². The quantitative estimate of drug-likeness (QED) is 0.732. The summed E-state index contributed by atoms with van der Waals surface area (Å²) in [5.41, 5.74) is 1.09. The van der Waals surface area contributed by atoms with Gasteiger partial charge in [-0.15, -0.1) is 11.3 Å². The van der Waals surface area contributed by atoms with Crippen LogP contribution in [0, 0.1) is 0 Å². The Morgan fingerprint density at radius 2 is 2.06 bits per heavy atom. The van der Waals surface area contributed by atoms with Crippen molar-refractivity contribution >= 4 is 38.9 Å². The zero-order chi connectivity index (χ0) is 11.5. The molecule has 0 fully saturated rings. The first kappa shape index (κ1) is 12.0. The summed E-state index contributed by atoms with van der Waals surface area (Å²) in [7, 11) is 1.68. The third-order valence-corrected chi connectivity index (χ3v) is 4.96. The van der Waals surface area contributed by atoms with E-state index in [1.165, 1.54) is 0 Å². The molecule has 0 amide bonds. The molecule has 1 aromatic heterocycles. The molecule has 0 saturated carbocycles. The topological polar surface area (TPSA) is 9.23 Å². The molecule has 0 aliphatic carbocycles. The fourth-order valence-corrected chi connectivity index (χ4v) is 3.74. The van der Waals surface area contributed by atoms with Crippen LogP contribution in [-0.4, -0.2) is 7.11 Å². The summed E-state index contributed by atoms with van der Waals surface area (Å²) >= 11 is 11.4. The average molecular weight is 318 g/mol. The molecule has 1 nitrogen and oxygen atoms in total. The van der Waals surface area contributed by atoms with Crippen LogP contribution < -0.4 is 4.74 Å². The van der Waals surface area contributed by atoms with Gasteiger partial charge in [0.05, 0.1) is 17.0 Å². The van der Waals surface area contributed by atoms with E-state index in [-0.39, 0.29) is 4.83 Å². The first-order valence-corrected chi connectivity index (χ1v) is 6.91. The fraction of sp³-hybridized carbons (Fsp3) is 0.167. The second kappa shape index (κ2) is 5.21. The molecule has 2 aromatic rings. The van der Waals surface area contributed by atoms with E-state index in [4.69, 9.17) is 16.3 Å². The number of thiophene rings is 1. The lowest BCUT2D eigenvalue weighted by Crippen LogP contribution is -1.95. The van der Waals surface area contributed by atoms with E-state index in [0.29, 0.717) is 0 Å². The van der Waals surface area contributed by atoms with Crippen molar-refractivity contribution in [3.05, 3.63) is 51.2 Å². The number of alkyl halides is 1. The molecule has 1 aromatic carbocycles. The van der Waals surface area contributed by atoms with Crippen LogP contribution in [0.25, 0.3) is 0 Å². The molecule has 0 aliphatic heterocycles. The standard InChI is InChI=1S/C12H10BrClOS/c1-15-10-5-3-2-4-8(10)11(13)12-9(14)6-7-16-12/h2-7,11H,1H3. The molecule has 1 unspecified atom stereocenters. The number of para-hydroxylation sites is 1. The minimum atomic E-state index is 0.0798. The Balaban J connectivity index is 2.41. The third kappa shape index (κ3) is 2.26. The van der Waals surface area contributed by atoms with Gasteiger partial charge in [0.2, 0.25) is 0 Å². The second-order valence-electron chi connectivity index (χ2n) is 3.24. The van der Waals surface area contributed by atoms with E-state index < -0.39 is 0 Å². The Morgan fingerprint density at radius 1 is 1.31 bits per heavy atom. The van der Waals surface area contributed by atoms with Crippen LogP contribution in [0.3, 0.4) is 0 Å². The molecular formula is C12H10BrClOS. The van der Waals surface area contributed by atoms with Crippen molar-refractivity contribution in [2.24, 2.45) is 0 Å². The van der Waals surface area contributed by atoms with Gasteiger partial charge < -0.3 is 4.74 Å². The van der Waals surface area contributed by atoms with E-state index >= 15 is 0 Å². The van der Waals surface area contributed by atoms with E-state index in [1.54, 1.807) is 18.4 Å². The Labute approximate surface area is 112 Å². The SMILES string of the molecule is COc1ccccc1C(Br)c1sccc1Cl. The van der Waals surface area contributed by atoms with Crippen molar-refractivity contribution in [3.63, 3.8) is 0 Å². The first-order valence-electron chi connectivity index (χ1n) is 4.74. The molecule has 0 aliphatic rings. The zero-order valence-electron chi connectivity index (χ0n) is 8.61. The van der Waals surface area contributed by atoms with Gasteiger partial charge in [-0.05, 0) is 17.5 Å². The van der Waals surface area contributed by atoms with Gasteiger partial charge in [0, 0.05) is 10.4 Å². The number of halogens is 2. The predicted octanol–water partition coefficient (Wildman–Crippen LogP) is 4.89. The third-order valence-electron chi connectivity index (χ3n) is 2.29. The highest BCUT2D eigenvalue weighted by Crippen LogP contribution is 2.41. The number of rotatable bonds is 3. The highest BCUT2D eigenvalue weighted by Gasteiger charge is 2.18. The summed E-state index contributed by atoms with van der Waals surface area (Å²) in [6.45, 7) is 0. The Kier molecular flexibility index (Phi) is 3.90. The lowest BCUT2D eigenvalue weighted by molar-refractivity contribution is 0.410. The van der Waals surface area contributed by atoms with Gasteiger partial charge in [0.25, 0.3) is 0 Å². The number of hydrogen-bond donors (Lipinski definition) is 0. The lowest BCUT2D eigenvalue weighted by Gasteiger charge is -2.13. The summed E-state index contributed by atoms with van der Waals surface area (Å²) in [4.78, 5) is 1.18. The van der Waals surface area contributed by atoms with Crippen molar-refractivity contribution in [1.29, 1.82) is 0 Å². The first-order chi connectivity index (χ1) is 7.74. The van der Waals surface area contributed by atoms with Crippen molar-refractivity contribution in [2.45, 2.75) is 4.83 Å². The maximum absolute atomic E-state index is 6.12. The summed E-state index contributed by atoms with van der Waals surface area (Å²) in [5.74, 6) is 0.869. The van der Waals surface area contributed by atoms with Crippen LogP contribution in [0.15, 0.2) is 35.7 Å². The largest absolute Gasteiger partial charge is 0.496 e. The van der Waals surface area contributed by atoms with Gasteiger partial charge in [-0.3, -0.25) is 0 Å². The Morgan fingerprint density at radius 3 is 2.69 bits per heavy atom. The van der Waals surface area contributed by atoms with Crippen LogP contribution in [0.5, 0.6) is 5.75 Å². The molecule has 0 radical (unpaired) electrons. The minimum absolute atomic E-state index is 0.0798. The molecule has 4 heteroatoms.